The van der Waals surface area contributed by atoms with E-state index in [0.717, 1.165) is 22.4 Å². The highest BCUT2D eigenvalue weighted by Crippen LogP contribution is 2.31. The van der Waals surface area contributed by atoms with Crippen molar-refractivity contribution in [3.8, 4) is 11.8 Å². The minimum atomic E-state index is -0.418. The smallest absolute Gasteiger partial charge is 0.266 e. The molecule has 1 amide bonds. The molecule has 0 fully saturated rings. The van der Waals surface area contributed by atoms with E-state index in [4.69, 9.17) is 4.74 Å². The number of anilines is 1. The minimum Gasteiger partial charge on any atom is -0.494 e. The third kappa shape index (κ3) is 4.73. The van der Waals surface area contributed by atoms with Crippen molar-refractivity contribution in [1.82, 2.24) is 0 Å². The maximum Gasteiger partial charge on any atom is 0.266 e. The number of carbonyl (C=O) groups excluding carboxylic acids is 1. The van der Waals surface area contributed by atoms with Gasteiger partial charge in [0.05, 0.1) is 6.61 Å². The fourth-order valence-electron chi connectivity index (χ4n) is 2.63. The number of amides is 1. The number of benzene rings is 2. The zero-order valence-electron chi connectivity index (χ0n) is 15.7. The van der Waals surface area contributed by atoms with E-state index in [1.807, 2.05) is 50.2 Å². The third-order valence-corrected chi connectivity index (χ3v) is 4.02. The van der Waals surface area contributed by atoms with Gasteiger partial charge in [-0.15, -0.1) is 0 Å². The van der Waals surface area contributed by atoms with Gasteiger partial charge >= 0.3 is 0 Å². The lowest BCUT2D eigenvalue weighted by Crippen LogP contribution is -2.13. The summed E-state index contributed by atoms with van der Waals surface area (Å²) in [6, 6.07) is 15.1. The number of hydrogen-bond acceptors (Lipinski definition) is 3. The van der Waals surface area contributed by atoms with E-state index in [1.54, 1.807) is 18.2 Å². The fraction of sp³-hybridized carbons (Fsp3) is 0.273. The number of rotatable bonds is 6. The molecule has 0 bridgehead atoms. The van der Waals surface area contributed by atoms with E-state index in [1.165, 1.54) is 0 Å². The number of nitrogens with one attached hydrogen (secondary N) is 1. The van der Waals surface area contributed by atoms with Crippen molar-refractivity contribution in [1.29, 1.82) is 5.26 Å². The van der Waals surface area contributed by atoms with Crippen molar-refractivity contribution in [3.63, 3.8) is 0 Å². The predicted octanol–water partition coefficient (Wildman–Crippen LogP) is 5.06. The highest BCUT2D eigenvalue weighted by atomic mass is 16.5. The Morgan fingerprint density at radius 2 is 1.96 bits per heavy atom. The molecule has 2 aromatic carbocycles. The van der Waals surface area contributed by atoms with E-state index < -0.39 is 5.91 Å². The summed E-state index contributed by atoms with van der Waals surface area (Å²) in [6.07, 6.45) is 1.63. The zero-order chi connectivity index (χ0) is 19.1. The van der Waals surface area contributed by atoms with E-state index in [0.29, 0.717) is 12.3 Å². The fourth-order valence-corrected chi connectivity index (χ4v) is 2.63. The van der Waals surface area contributed by atoms with E-state index >= 15 is 0 Å². The van der Waals surface area contributed by atoms with Gasteiger partial charge in [-0.1, -0.05) is 32.0 Å². The number of nitrogens with zero attached hydrogens (tertiary/aromatic N) is 1. The Kier molecular flexibility index (Phi) is 6.57. The summed E-state index contributed by atoms with van der Waals surface area (Å²) >= 11 is 0. The molecule has 2 aromatic rings. The Hall–Kier alpha value is -3.06. The maximum absolute atomic E-state index is 12.4. The van der Waals surface area contributed by atoms with Gasteiger partial charge < -0.3 is 10.1 Å². The van der Waals surface area contributed by atoms with Gasteiger partial charge in [0.25, 0.3) is 5.91 Å². The van der Waals surface area contributed by atoms with Gasteiger partial charge in [-0.25, -0.2) is 0 Å². The van der Waals surface area contributed by atoms with Gasteiger partial charge in [-0.05, 0) is 66.8 Å². The topological polar surface area (TPSA) is 62.1 Å². The normalized spacial score (nSPS) is 11.2. The molecule has 0 aliphatic heterocycles. The molecule has 0 aromatic heterocycles. The van der Waals surface area contributed by atoms with Crippen LogP contribution in [0.15, 0.2) is 48.0 Å². The molecular formula is C22H24N2O2. The zero-order valence-corrected chi connectivity index (χ0v) is 15.7. The number of carbonyl (C=O) groups is 1. The van der Waals surface area contributed by atoms with Gasteiger partial charge in [0.1, 0.15) is 17.4 Å². The molecule has 0 saturated heterocycles. The lowest BCUT2D eigenvalue weighted by molar-refractivity contribution is -0.112. The minimum absolute atomic E-state index is 0.0656. The van der Waals surface area contributed by atoms with Crippen molar-refractivity contribution >= 4 is 17.7 Å². The van der Waals surface area contributed by atoms with Crippen LogP contribution in [0.5, 0.6) is 5.75 Å². The number of nitriles is 1. The molecule has 26 heavy (non-hydrogen) atoms. The number of hydrogen-bond donors (Lipinski definition) is 1. The molecular weight excluding hydrogens is 324 g/mol. The Bertz CT molecular complexity index is 846. The molecule has 0 spiro atoms. The molecule has 2 rings (SSSR count). The summed E-state index contributed by atoms with van der Waals surface area (Å²) in [4.78, 5) is 12.4. The molecule has 0 aliphatic rings. The number of ether oxygens (including phenoxy) is 1. The summed E-state index contributed by atoms with van der Waals surface area (Å²) in [6.45, 7) is 8.68. The van der Waals surface area contributed by atoms with Crippen LogP contribution in [0.4, 0.5) is 5.69 Å². The van der Waals surface area contributed by atoms with Crippen LogP contribution < -0.4 is 10.1 Å². The second-order valence-electron chi connectivity index (χ2n) is 6.32. The molecule has 1 N–H and O–H groups in total. The summed E-state index contributed by atoms with van der Waals surface area (Å²) in [5.41, 5.74) is 3.58. The SMILES string of the molecule is CCOc1cc(C)c(/C=C(\C#N)C(=O)Nc2ccccc2)cc1C(C)C. The van der Waals surface area contributed by atoms with Crippen LogP contribution in [-0.4, -0.2) is 12.5 Å². The molecule has 134 valence electrons. The van der Waals surface area contributed by atoms with E-state index in [9.17, 15) is 10.1 Å². The Balaban J connectivity index is 2.37. The van der Waals surface area contributed by atoms with Crippen molar-refractivity contribution in [2.45, 2.75) is 33.6 Å². The molecule has 0 heterocycles. The Morgan fingerprint density at radius 3 is 2.54 bits per heavy atom. The van der Waals surface area contributed by atoms with E-state index in [-0.39, 0.29) is 11.5 Å². The largest absolute Gasteiger partial charge is 0.494 e. The Morgan fingerprint density at radius 1 is 1.27 bits per heavy atom. The summed E-state index contributed by atoms with van der Waals surface area (Å²) in [5, 5.41) is 12.2. The van der Waals surface area contributed by atoms with Gasteiger partial charge in [0.15, 0.2) is 0 Å². The average molecular weight is 348 g/mol. The number of para-hydroxylation sites is 1. The third-order valence-electron chi connectivity index (χ3n) is 4.02. The first-order valence-corrected chi connectivity index (χ1v) is 8.71. The Labute approximate surface area is 155 Å². The average Bonchev–Trinajstić information content (AvgIpc) is 2.61. The summed E-state index contributed by atoms with van der Waals surface area (Å²) in [5.74, 6) is 0.704. The van der Waals surface area contributed by atoms with Gasteiger partial charge in [0.2, 0.25) is 0 Å². The molecule has 0 radical (unpaired) electrons. The highest BCUT2D eigenvalue weighted by Gasteiger charge is 2.14. The first-order chi connectivity index (χ1) is 12.5. The van der Waals surface area contributed by atoms with Crippen molar-refractivity contribution in [3.05, 3.63) is 64.7 Å². The van der Waals surface area contributed by atoms with Crippen LogP contribution in [0.25, 0.3) is 6.08 Å². The van der Waals surface area contributed by atoms with Crippen LogP contribution in [0, 0.1) is 18.3 Å². The van der Waals surface area contributed by atoms with Gasteiger partial charge in [-0.2, -0.15) is 5.26 Å². The van der Waals surface area contributed by atoms with Crippen LogP contribution in [-0.2, 0) is 4.79 Å². The summed E-state index contributed by atoms with van der Waals surface area (Å²) in [7, 11) is 0. The lowest BCUT2D eigenvalue weighted by Gasteiger charge is -2.16. The van der Waals surface area contributed by atoms with Crippen LogP contribution in [0.3, 0.4) is 0 Å². The highest BCUT2D eigenvalue weighted by molar-refractivity contribution is 6.09. The maximum atomic E-state index is 12.4. The second kappa shape index (κ2) is 8.87. The molecule has 0 saturated carbocycles. The monoisotopic (exact) mass is 348 g/mol. The van der Waals surface area contributed by atoms with Crippen LogP contribution in [0.2, 0.25) is 0 Å². The van der Waals surface area contributed by atoms with E-state index in [2.05, 4.69) is 19.2 Å². The summed E-state index contributed by atoms with van der Waals surface area (Å²) < 4.78 is 5.73. The first-order valence-electron chi connectivity index (χ1n) is 8.71. The number of aryl methyl sites for hydroxylation is 1. The second-order valence-corrected chi connectivity index (χ2v) is 6.32. The van der Waals surface area contributed by atoms with Crippen LogP contribution >= 0.6 is 0 Å². The van der Waals surface area contributed by atoms with Crippen molar-refractivity contribution in [2.75, 3.05) is 11.9 Å². The lowest BCUT2D eigenvalue weighted by atomic mass is 9.95. The van der Waals surface area contributed by atoms with Crippen molar-refractivity contribution < 1.29 is 9.53 Å². The standard InChI is InChI=1S/C22H24N2O2/c1-5-26-21-11-16(4)17(13-20(21)15(2)3)12-18(14-23)22(25)24-19-9-7-6-8-10-19/h6-13,15H,5H2,1-4H3,(H,24,25)/b18-12+. The quantitative estimate of drug-likeness (QED) is 0.586. The molecule has 0 atom stereocenters. The van der Waals surface area contributed by atoms with Gasteiger partial charge in [-0.3, -0.25) is 4.79 Å². The molecule has 0 unspecified atom stereocenters. The van der Waals surface area contributed by atoms with Gasteiger partial charge in [0, 0.05) is 5.69 Å². The van der Waals surface area contributed by atoms with Crippen LogP contribution in [0.1, 0.15) is 43.4 Å². The molecule has 4 heteroatoms. The predicted molar refractivity (Wildman–Crippen MR) is 105 cm³/mol. The molecule has 4 nitrogen and oxygen atoms in total. The molecule has 0 aliphatic carbocycles. The first kappa shape index (κ1) is 19.3. The van der Waals surface area contributed by atoms with Crippen molar-refractivity contribution in [2.24, 2.45) is 0 Å².